The molecule has 0 saturated carbocycles. The van der Waals surface area contributed by atoms with E-state index in [0.29, 0.717) is 44.0 Å². The molecular weight excluding hydrogens is 464 g/mol. The number of pyridine rings is 1. The number of urea groups is 1. The number of carbonyl (C=O) groups is 2. The number of benzene rings is 1. The van der Waals surface area contributed by atoms with Gasteiger partial charge in [0, 0.05) is 44.0 Å². The van der Waals surface area contributed by atoms with Crippen LogP contribution in [-0.2, 0) is 11.3 Å². The molecule has 1 aromatic heterocycles. The van der Waals surface area contributed by atoms with Crippen LogP contribution in [0.25, 0.3) is 0 Å². The van der Waals surface area contributed by atoms with Crippen molar-refractivity contribution < 1.29 is 24.2 Å². The van der Waals surface area contributed by atoms with E-state index < -0.39 is 11.8 Å². The Morgan fingerprint density at radius 2 is 1.78 bits per heavy atom. The highest BCUT2D eigenvalue weighted by molar-refractivity contribution is 5.99. The Kier molecular flexibility index (Phi) is 12.5. The molecule has 1 aromatic carbocycles. The number of hydrogen-bond acceptors (Lipinski definition) is 5. The highest BCUT2D eigenvalue weighted by atomic mass is 35.5. The Balaban J connectivity index is 0.00000320. The Morgan fingerprint density at radius 1 is 1.09 bits per heavy atom. The van der Waals surface area contributed by atoms with Gasteiger partial charge in [0.1, 0.15) is 0 Å². The van der Waals surface area contributed by atoms with E-state index in [-0.39, 0.29) is 42.1 Å². The van der Waals surface area contributed by atoms with Crippen molar-refractivity contribution >= 4 is 48.3 Å². The van der Waals surface area contributed by atoms with Crippen molar-refractivity contribution in [3.05, 3.63) is 53.6 Å². The molecule has 1 aliphatic rings. The van der Waals surface area contributed by atoms with Crippen LogP contribution in [0.5, 0.6) is 0 Å². The smallest absolute Gasteiger partial charge is 0.409 e. The zero-order valence-electron chi connectivity index (χ0n) is 17.8. The third-order valence-corrected chi connectivity index (χ3v) is 4.70. The molecule has 0 unspecified atom stereocenters. The van der Waals surface area contributed by atoms with E-state index in [9.17, 15) is 14.0 Å². The molecule has 178 valence electrons. The summed E-state index contributed by atoms with van der Waals surface area (Å²) in [5.74, 6) is -0.472. The van der Waals surface area contributed by atoms with Gasteiger partial charge in [0.25, 0.3) is 0 Å². The second kappa shape index (κ2) is 13.7. The van der Waals surface area contributed by atoms with Gasteiger partial charge in [-0.3, -0.25) is 9.88 Å². The quantitative estimate of drug-likeness (QED) is 0.680. The number of carbonyl (C=O) groups excluding carboxylic acids is 2. The Labute approximate surface area is 198 Å². The lowest BCUT2D eigenvalue weighted by molar-refractivity contribution is 0.0885. The van der Waals surface area contributed by atoms with Crippen LogP contribution < -0.4 is 10.6 Å². The molecule has 32 heavy (non-hydrogen) atoms. The Hall–Kier alpha value is -2.66. The van der Waals surface area contributed by atoms with Gasteiger partial charge < -0.3 is 25.7 Å². The molecule has 0 atom stereocenters. The van der Waals surface area contributed by atoms with E-state index in [0.717, 1.165) is 5.69 Å². The highest BCUT2D eigenvalue weighted by Gasteiger charge is 2.22. The average molecular weight is 492 g/mol. The van der Waals surface area contributed by atoms with Gasteiger partial charge in [0.2, 0.25) is 0 Å². The van der Waals surface area contributed by atoms with Crippen molar-refractivity contribution in [2.75, 3.05) is 43.9 Å². The predicted octanol–water partition coefficient (Wildman–Crippen LogP) is 3.08. The number of anilines is 2. The molecule has 3 rings (SSSR count). The van der Waals surface area contributed by atoms with E-state index in [1.165, 1.54) is 19.4 Å². The molecule has 2 aromatic rings. The number of amides is 3. The molecule has 3 amide bonds. The van der Waals surface area contributed by atoms with Crippen LogP contribution in [0, 0.1) is 12.7 Å². The fourth-order valence-electron chi connectivity index (χ4n) is 3.08. The maximum Gasteiger partial charge on any atom is 0.409 e. The number of ether oxygens (including phenoxy) is 1. The summed E-state index contributed by atoms with van der Waals surface area (Å²) >= 11 is 0. The third-order valence-electron chi connectivity index (χ3n) is 4.70. The van der Waals surface area contributed by atoms with Crippen LogP contribution in [0.3, 0.4) is 0 Å². The van der Waals surface area contributed by atoms with Crippen molar-refractivity contribution in [1.82, 2.24) is 14.8 Å². The molecule has 0 aliphatic carbocycles. The molecular formula is C20H28Cl2FN5O4. The first-order valence-electron chi connectivity index (χ1n) is 9.29. The Morgan fingerprint density at radius 3 is 2.38 bits per heavy atom. The van der Waals surface area contributed by atoms with Gasteiger partial charge in [-0.25, -0.2) is 14.0 Å². The second-order valence-electron chi connectivity index (χ2n) is 6.78. The van der Waals surface area contributed by atoms with Crippen molar-refractivity contribution in [1.29, 1.82) is 0 Å². The zero-order valence-corrected chi connectivity index (χ0v) is 19.4. The van der Waals surface area contributed by atoms with Crippen molar-refractivity contribution in [2.24, 2.45) is 0 Å². The van der Waals surface area contributed by atoms with Crippen LogP contribution in [0.1, 0.15) is 11.3 Å². The average Bonchev–Trinajstić information content (AvgIpc) is 2.72. The summed E-state index contributed by atoms with van der Waals surface area (Å²) in [6.45, 7) is 4.53. The monoisotopic (exact) mass is 491 g/mol. The summed E-state index contributed by atoms with van der Waals surface area (Å²) in [7, 11) is 1.36. The number of nitrogens with one attached hydrogen (secondary N) is 2. The Bertz CT molecular complexity index is 881. The van der Waals surface area contributed by atoms with Gasteiger partial charge in [-0.05, 0) is 25.1 Å². The fraction of sp³-hybridized carbons (Fsp3) is 0.350. The molecule has 9 nitrogen and oxygen atoms in total. The minimum Gasteiger partial charge on any atom is -0.453 e. The van der Waals surface area contributed by atoms with Gasteiger partial charge in [-0.15, -0.1) is 24.8 Å². The van der Waals surface area contributed by atoms with Gasteiger partial charge in [0.15, 0.2) is 5.82 Å². The maximum absolute atomic E-state index is 14.9. The number of rotatable bonds is 4. The molecule has 0 spiro atoms. The van der Waals surface area contributed by atoms with E-state index in [1.807, 2.05) is 6.92 Å². The number of hydrogen-bond donors (Lipinski definition) is 2. The number of nitrogens with zero attached hydrogens (tertiary/aromatic N) is 3. The lowest BCUT2D eigenvalue weighted by Crippen LogP contribution is -2.48. The number of methoxy groups -OCH3 is 1. The molecule has 1 fully saturated rings. The number of piperazine rings is 1. The summed E-state index contributed by atoms with van der Waals surface area (Å²) in [6, 6.07) is 7.86. The second-order valence-corrected chi connectivity index (χ2v) is 6.78. The van der Waals surface area contributed by atoms with Crippen LogP contribution in [0.15, 0.2) is 36.5 Å². The van der Waals surface area contributed by atoms with E-state index in [4.69, 9.17) is 4.74 Å². The SMILES string of the molecule is COC(=O)N1CCN(Cc2cccc(NC(=O)Nc3ccc(C)nc3)c2F)CC1.Cl.Cl.O. The minimum absolute atomic E-state index is 0. The van der Waals surface area contributed by atoms with Gasteiger partial charge >= 0.3 is 12.1 Å². The number of halogens is 3. The third kappa shape index (κ3) is 7.79. The lowest BCUT2D eigenvalue weighted by atomic mass is 10.1. The summed E-state index contributed by atoms with van der Waals surface area (Å²) < 4.78 is 19.6. The summed E-state index contributed by atoms with van der Waals surface area (Å²) in [5, 5.41) is 5.17. The van der Waals surface area contributed by atoms with Crippen molar-refractivity contribution in [3.8, 4) is 0 Å². The minimum atomic E-state index is -0.543. The van der Waals surface area contributed by atoms with E-state index >= 15 is 0 Å². The predicted molar refractivity (Wildman–Crippen MR) is 125 cm³/mol. The molecule has 0 radical (unpaired) electrons. The van der Waals surface area contributed by atoms with Crippen molar-refractivity contribution in [3.63, 3.8) is 0 Å². The van der Waals surface area contributed by atoms with Crippen LogP contribution in [0.2, 0.25) is 0 Å². The highest BCUT2D eigenvalue weighted by Crippen LogP contribution is 2.21. The largest absolute Gasteiger partial charge is 0.453 e. The van der Waals surface area contributed by atoms with E-state index in [1.54, 1.807) is 29.2 Å². The maximum atomic E-state index is 14.9. The number of aromatic nitrogens is 1. The molecule has 0 bridgehead atoms. The van der Waals surface area contributed by atoms with Crippen LogP contribution >= 0.6 is 24.8 Å². The fourth-order valence-corrected chi connectivity index (χ4v) is 3.08. The standard InChI is InChI=1S/C20H24FN5O3.2ClH.H2O/c1-14-6-7-16(12-22-14)23-19(27)24-17-5-3-4-15(18(17)21)13-25-8-10-26(11-9-25)20(28)29-2;;;/h3-7,12H,8-11,13H2,1-2H3,(H2,23,24,27);2*1H;1H2. The van der Waals surface area contributed by atoms with Gasteiger partial charge in [0.05, 0.1) is 24.7 Å². The summed E-state index contributed by atoms with van der Waals surface area (Å²) in [4.78, 5) is 31.5. The summed E-state index contributed by atoms with van der Waals surface area (Å²) in [6.07, 6.45) is 1.19. The normalized spacial score (nSPS) is 13.0. The van der Waals surface area contributed by atoms with Crippen LogP contribution in [0.4, 0.5) is 25.4 Å². The van der Waals surface area contributed by atoms with Crippen LogP contribution in [-0.4, -0.2) is 65.7 Å². The first-order chi connectivity index (χ1) is 14.0. The number of aryl methyl sites for hydroxylation is 1. The van der Waals surface area contributed by atoms with Crippen molar-refractivity contribution in [2.45, 2.75) is 13.5 Å². The summed E-state index contributed by atoms with van der Waals surface area (Å²) in [5.41, 5.74) is 1.94. The molecule has 4 N–H and O–H groups in total. The topological polar surface area (TPSA) is 118 Å². The first-order valence-corrected chi connectivity index (χ1v) is 9.29. The first kappa shape index (κ1) is 29.3. The van der Waals surface area contributed by atoms with Gasteiger partial charge in [-0.2, -0.15) is 0 Å². The lowest BCUT2D eigenvalue weighted by Gasteiger charge is -2.33. The van der Waals surface area contributed by atoms with Gasteiger partial charge in [-0.1, -0.05) is 12.1 Å². The molecule has 1 aliphatic heterocycles. The zero-order chi connectivity index (χ0) is 20.8. The van der Waals surface area contributed by atoms with E-state index in [2.05, 4.69) is 20.5 Å². The molecule has 12 heteroatoms. The molecule has 2 heterocycles. The molecule has 1 saturated heterocycles.